The van der Waals surface area contributed by atoms with E-state index in [1.807, 2.05) is 32.0 Å². The minimum Gasteiger partial charge on any atom is -0.337 e. The molecular formula is C17H18FNO. The summed E-state index contributed by atoms with van der Waals surface area (Å²) in [6, 6.07) is 12.0. The van der Waals surface area contributed by atoms with E-state index in [1.165, 1.54) is 12.1 Å². The monoisotopic (exact) mass is 271 g/mol. The Bertz CT molecular complexity index is 619. The van der Waals surface area contributed by atoms with Crippen molar-refractivity contribution in [3.05, 3.63) is 70.5 Å². The lowest BCUT2D eigenvalue weighted by atomic mass is 10.0. The number of amides is 1. The van der Waals surface area contributed by atoms with Gasteiger partial charge in [-0.25, -0.2) is 4.39 Å². The molecule has 0 bridgehead atoms. The number of hydrogen-bond acceptors (Lipinski definition) is 1. The third-order valence-electron chi connectivity index (χ3n) is 3.29. The fourth-order valence-corrected chi connectivity index (χ4v) is 2.19. The summed E-state index contributed by atoms with van der Waals surface area (Å²) in [5.41, 5.74) is 3.73. The zero-order valence-corrected chi connectivity index (χ0v) is 12.0. The predicted octanol–water partition coefficient (Wildman–Crippen LogP) is 3.71. The standard InChI is InChI=1S/C17H18FNO/c1-12-4-9-16(13(2)10-12)17(20)19(3)11-14-5-7-15(18)8-6-14/h4-10H,11H2,1-3H3. The third-order valence-corrected chi connectivity index (χ3v) is 3.29. The Morgan fingerprint density at radius 3 is 2.35 bits per heavy atom. The van der Waals surface area contributed by atoms with Crippen LogP contribution in [0.5, 0.6) is 0 Å². The fraction of sp³-hybridized carbons (Fsp3) is 0.235. The zero-order valence-electron chi connectivity index (χ0n) is 12.0. The van der Waals surface area contributed by atoms with Crippen molar-refractivity contribution in [2.24, 2.45) is 0 Å². The number of hydrogen-bond donors (Lipinski definition) is 0. The summed E-state index contributed by atoms with van der Waals surface area (Å²) >= 11 is 0. The van der Waals surface area contributed by atoms with Gasteiger partial charge >= 0.3 is 0 Å². The van der Waals surface area contributed by atoms with Gasteiger partial charge in [0.1, 0.15) is 5.82 Å². The normalized spacial score (nSPS) is 10.4. The van der Waals surface area contributed by atoms with Crippen LogP contribution in [0.25, 0.3) is 0 Å². The summed E-state index contributed by atoms with van der Waals surface area (Å²) in [7, 11) is 1.75. The molecule has 0 heterocycles. The van der Waals surface area contributed by atoms with Gasteiger partial charge in [-0.1, -0.05) is 29.8 Å². The quantitative estimate of drug-likeness (QED) is 0.833. The number of carbonyl (C=O) groups excluding carboxylic acids is 1. The first-order valence-corrected chi connectivity index (χ1v) is 6.54. The molecule has 0 saturated heterocycles. The number of nitrogens with zero attached hydrogens (tertiary/aromatic N) is 1. The van der Waals surface area contributed by atoms with Crippen LogP contribution >= 0.6 is 0 Å². The van der Waals surface area contributed by atoms with Crippen LogP contribution in [-0.2, 0) is 6.54 Å². The van der Waals surface area contributed by atoms with Crippen LogP contribution in [0, 0.1) is 19.7 Å². The molecule has 0 spiro atoms. The molecule has 0 atom stereocenters. The molecule has 0 aliphatic heterocycles. The molecule has 0 aliphatic rings. The molecule has 104 valence electrons. The van der Waals surface area contributed by atoms with E-state index < -0.39 is 0 Å². The number of rotatable bonds is 3. The maximum atomic E-state index is 12.9. The van der Waals surface area contributed by atoms with Gasteiger partial charge in [0.05, 0.1) is 0 Å². The zero-order chi connectivity index (χ0) is 14.7. The number of carbonyl (C=O) groups is 1. The van der Waals surface area contributed by atoms with E-state index in [-0.39, 0.29) is 11.7 Å². The van der Waals surface area contributed by atoms with E-state index in [0.717, 1.165) is 16.7 Å². The van der Waals surface area contributed by atoms with Crippen LogP contribution in [0.1, 0.15) is 27.0 Å². The van der Waals surface area contributed by atoms with Gasteiger partial charge in [-0.05, 0) is 43.2 Å². The molecule has 2 aromatic carbocycles. The molecule has 0 fully saturated rings. The highest BCUT2D eigenvalue weighted by atomic mass is 19.1. The molecule has 0 radical (unpaired) electrons. The largest absolute Gasteiger partial charge is 0.337 e. The van der Waals surface area contributed by atoms with Gasteiger partial charge in [0, 0.05) is 19.2 Å². The lowest BCUT2D eigenvalue weighted by molar-refractivity contribution is 0.0784. The number of aryl methyl sites for hydroxylation is 2. The smallest absolute Gasteiger partial charge is 0.254 e. The molecule has 0 saturated carbocycles. The predicted molar refractivity (Wildman–Crippen MR) is 78.1 cm³/mol. The molecule has 0 aliphatic carbocycles. The van der Waals surface area contributed by atoms with Gasteiger partial charge in [0.2, 0.25) is 0 Å². The van der Waals surface area contributed by atoms with E-state index in [2.05, 4.69) is 0 Å². The molecule has 0 N–H and O–H groups in total. The summed E-state index contributed by atoms with van der Waals surface area (Å²) in [6.07, 6.45) is 0. The second-order valence-corrected chi connectivity index (χ2v) is 5.11. The molecule has 2 nitrogen and oxygen atoms in total. The first-order chi connectivity index (χ1) is 9.47. The Kier molecular flexibility index (Phi) is 4.18. The second-order valence-electron chi connectivity index (χ2n) is 5.11. The summed E-state index contributed by atoms with van der Waals surface area (Å²) in [5, 5.41) is 0. The molecule has 2 rings (SSSR count). The maximum absolute atomic E-state index is 12.9. The highest BCUT2D eigenvalue weighted by molar-refractivity contribution is 5.95. The molecule has 20 heavy (non-hydrogen) atoms. The van der Waals surface area contributed by atoms with Crippen LogP contribution < -0.4 is 0 Å². The van der Waals surface area contributed by atoms with E-state index in [4.69, 9.17) is 0 Å². The molecule has 0 aromatic heterocycles. The van der Waals surface area contributed by atoms with Crippen molar-refractivity contribution in [3.8, 4) is 0 Å². The SMILES string of the molecule is Cc1ccc(C(=O)N(C)Cc2ccc(F)cc2)c(C)c1. The lowest BCUT2D eigenvalue weighted by Crippen LogP contribution is -2.26. The molecule has 0 unspecified atom stereocenters. The number of halogens is 1. The fourth-order valence-electron chi connectivity index (χ4n) is 2.19. The Labute approximate surface area is 118 Å². The maximum Gasteiger partial charge on any atom is 0.254 e. The van der Waals surface area contributed by atoms with Gasteiger partial charge < -0.3 is 4.90 Å². The summed E-state index contributed by atoms with van der Waals surface area (Å²) in [6.45, 7) is 4.40. The van der Waals surface area contributed by atoms with Crippen LogP contribution in [0.3, 0.4) is 0 Å². The van der Waals surface area contributed by atoms with Crippen molar-refractivity contribution in [1.29, 1.82) is 0 Å². The molecule has 1 amide bonds. The van der Waals surface area contributed by atoms with Crippen molar-refractivity contribution >= 4 is 5.91 Å². The Hall–Kier alpha value is -2.16. The van der Waals surface area contributed by atoms with Crippen molar-refractivity contribution in [1.82, 2.24) is 4.90 Å². The number of benzene rings is 2. The summed E-state index contributed by atoms with van der Waals surface area (Å²) in [5.74, 6) is -0.288. The molecule has 2 aromatic rings. The van der Waals surface area contributed by atoms with E-state index >= 15 is 0 Å². The van der Waals surface area contributed by atoms with Crippen molar-refractivity contribution in [2.75, 3.05) is 7.05 Å². The second kappa shape index (κ2) is 5.87. The van der Waals surface area contributed by atoms with E-state index in [0.29, 0.717) is 12.1 Å². The highest BCUT2D eigenvalue weighted by Crippen LogP contribution is 2.14. The topological polar surface area (TPSA) is 20.3 Å². The van der Waals surface area contributed by atoms with Crippen LogP contribution in [0.15, 0.2) is 42.5 Å². The minimum atomic E-state index is -0.267. The average Bonchev–Trinajstić information content (AvgIpc) is 2.40. The average molecular weight is 271 g/mol. The molecule has 3 heteroatoms. The van der Waals surface area contributed by atoms with Gasteiger partial charge in [0.15, 0.2) is 0 Å². The Balaban J connectivity index is 2.14. The van der Waals surface area contributed by atoms with Crippen molar-refractivity contribution in [2.45, 2.75) is 20.4 Å². The third kappa shape index (κ3) is 3.23. The Morgan fingerprint density at radius 1 is 1.10 bits per heavy atom. The lowest BCUT2D eigenvalue weighted by Gasteiger charge is -2.18. The van der Waals surface area contributed by atoms with E-state index in [1.54, 1.807) is 24.1 Å². The van der Waals surface area contributed by atoms with E-state index in [9.17, 15) is 9.18 Å². The van der Waals surface area contributed by atoms with Crippen LogP contribution in [0.4, 0.5) is 4.39 Å². The van der Waals surface area contributed by atoms with Crippen LogP contribution in [-0.4, -0.2) is 17.9 Å². The summed E-state index contributed by atoms with van der Waals surface area (Å²) < 4.78 is 12.9. The van der Waals surface area contributed by atoms with Gasteiger partial charge in [-0.15, -0.1) is 0 Å². The first kappa shape index (κ1) is 14.3. The minimum absolute atomic E-state index is 0.0215. The Morgan fingerprint density at radius 2 is 1.75 bits per heavy atom. The van der Waals surface area contributed by atoms with Crippen LogP contribution in [0.2, 0.25) is 0 Å². The summed E-state index contributed by atoms with van der Waals surface area (Å²) in [4.78, 5) is 14.0. The van der Waals surface area contributed by atoms with Gasteiger partial charge in [0.25, 0.3) is 5.91 Å². The van der Waals surface area contributed by atoms with Gasteiger partial charge in [-0.3, -0.25) is 4.79 Å². The first-order valence-electron chi connectivity index (χ1n) is 6.54. The highest BCUT2D eigenvalue weighted by Gasteiger charge is 2.14. The van der Waals surface area contributed by atoms with Crippen molar-refractivity contribution < 1.29 is 9.18 Å². The van der Waals surface area contributed by atoms with Crippen molar-refractivity contribution in [3.63, 3.8) is 0 Å². The molecular weight excluding hydrogens is 253 g/mol. The van der Waals surface area contributed by atoms with Gasteiger partial charge in [-0.2, -0.15) is 0 Å².